The molecule has 0 saturated carbocycles. The van der Waals surface area contributed by atoms with E-state index in [2.05, 4.69) is 10.4 Å². The van der Waals surface area contributed by atoms with E-state index in [1.807, 2.05) is 0 Å². The molecule has 1 aromatic heterocycles. The van der Waals surface area contributed by atoms with Gasteiger partial charge in [-0.3, -0.25) is 4.79 Å². The van der Waals surface area contributed by atoms with Gasteiger partial charge < -0.3 is 14.8 Å². The normalized spacial score (nSPS) is 16.5. The lowest BCUT2D eigenvalue weighted by molar-refractivity contribution is 0.0518. The number of hydrogen-bond acceptors (Lipinski definition) is 6. The maximum atomic E-state index is 13.1. The Morgan fingerprint density at radius 1 is 1.42 bits per heavy atom. The lowest BCUT2D eigenvalue weighted by Gasteiger charge is -2.15. The number of nitrogens with one attached hydrogen (secondary N) is 1. The molecule has 0 spiro atoms. The van der Waals surface area contributed by atoms with Crippen molar-refractivity contribution in [2.24, 2.45) is 0 Å². The first kappa shape index (κ1) is 18.1. The van der Waals surface area contributed by atoms with Gasteiger partial charge in [-0.1, -0.05) is 0 Å². The van der Waals surface area contributed by atoms with Crippen LogP contribution in [0.3, 0.4) is 0 Å². The Balaban J connectivity index is 1.94. The fourth-order valence-corrected chi connectivity index (χ4v) is 2.74. The summed E-state index contributed by atoms with van der Waals surface area (Å²) >= 11 is 0. The average molecular weight is 361 g/mol. The summed E-state index contributed by atoms with van der Waals surface area (Å²) in [5, 5.41) is 7.20. The van der Waals surface area contributed by atoms with Crippen LogP contribution in [-0.4, -0.2) is 41.6 Å². The minimum absolute atomic E-state index is 0.00577. The van der Waals surface area contributed by atoms with Crippen LogP contribution in [0.4, 0.5) is 10.1 Å². The Bertz CT molecular complexity index is 829. The van der Waals surface area contributed by atoms with Crippen molar-refractivity contribution in [1.82, 2.24) is 9.78 Å². The van der Waals surface area contributed by atoms with Crippen LogP contribution in [0.15, 0.2) is 35.1 Å². The van der Waals surface area contributed by atoms with E-state index in [9.17, 15) is 14.0 Å². The van der Waals surface area contributed by atoms with Gasteiger partial charge in [-0.2, -0.15) is 9.78 Å². The van der Waals surface area contributed by atoms with Crippen LogP contribution >= 0.6 is 0 Å². The van der Waals surface area contributed by atoms with Crippen molar-refractivity contribution >= 4 is 11.7 Å². The molecule has 26 heavy (non-hydrogen) atoms. The van der Waals surface area contributed by atoms with Crippen molar-refractivity contribution in [3.8, 4) is 5.69 Å². The number of carbonyl (C=O) groups is 1. The molecule has 1 atom stereocenters. The van der Waals surface area contributed by atoms with Crippen LogP contribution in [0.5, 0.6) is 0 Å². The van der Waals surface area contributed by atoms with Crippen molar-refractivity contribution in [3.05, 3.63) is 52.2 Å². The van der Waals surface area contributed by atoms with E-state index in [1.165, 1.54) is 30.3 Å². The summed E-state index contributed by atoms with van der Waals surface area (Å²) < 4.78 is 24.7. The fourth-order valence-electron chi connectivity index (χ4n) is 2.74. The standard InChI is InChI=1S/C18H20FN3O4/c1-2-25-18(24)17-15(20-11-14-4-3-9-26-14)10-16(23)22(21-17)13-7-5-12(19)6-8-13/h5-8,10,14,20H,2-4,9,11H2,1H3/t14-/m1/s1. The van der Waals surface area contributed by atoms with Crippen molar-refractivity contribution in [2.75, 3.05) is 25.1 Å². The summed E-state index contributed by atoms with van der Waals surface area (Å²) in [6.07, 6.45) is 1.94. The quantitative estimate of drug-likeness (QED) is 0.794. The van der Waals surface area contributed by atoms with Gasteiger partial charge >= 0.3 is 5.97 Å². The monoisotopic (exact) mass is 361 g/mol. The number of anilines is 1. The molecule has 1 fully saturated rings. The third-order valence-electron chi connectivity index (χ3n) is 4.02. The van der Waals surface area contributed by atoms with Crippen molar-refractivity contribution < 1.29 is 18.7 Å². The summed E-state index contributed by atoms with van der Waals surface area (Å²) in [6.45, 7) is 3.05. The predicted octanol–water partition coefficient (Wildman–Crippen LogP) is 2.14. The lowest BCUT2D eigenvalue weighted by Crippen LogP contribution is -2.27. The van der Waals surface area contributed by atoms with E-state index < -0.39 is 17.3 Å². The molecule has 2 aromatic rings. The van der Waals surface area contributed by atoms with Crippen molar-refractivity contribution in [3.63, 3.8) is 0 Å². The highest BCUT2D eigenvalue weighted by Gasteiger charge is 2.21. The number of hydrogen-bond donors (Lipinski definition) is 1. The Hall–Kier alpha value is -2.74. The lowest BCUT2D eigenvalue weighted by atomic mass is 10.2. The highest BCUT2D eigenvalue weighted by atomic mass is 19.1. The van der Waals surface area contributed by atoms with Crippen LogP contribution in [0.1, 0.15) is 30.3 Å². The van der Waals surface area contributed by atoms with Crippen molar-refractivity contribution in [1.29, 1.82) is 0 Å². The molecule has 2 heterocycles. The van der Waals surface area contributed by atoms with Gasteiger partial charge in [-0.25, -0.2) is 9.18 Å². The van der Waals surface area contributed by atoms with Gasteiger partial charge in [-0.15, -0.1) is 0 Å². The first-order chi connectivity index (χ1) is 12.6. The first-order valence-electron chi connectivity index (χ1n) is 8.51. The number of benzene rings is 1. The van der Waals surface area contributed by atoms with E-state index in [4.69, 9.17) is 9.47 Å². The largest absolute Gasteiger partial charge is 0.461 e. The van der Waals surface area contributed by atoms with Gasteiger partial charge in [0.1, 0.15) is 5.82 Å². The average Bonchev–Trinajstić information content (AvgIpc) is 3.14. The predicted molar refractivity (Wildman–Crippen MR) is 93.2 cm³/mol. The second-order valence-corrected chi connectivity index (χ2v) is 5.87. The highest BCUT2D eigenvalue weighted by Crippen LogP contribution is 2.17. The first-order valence-corrected chi connectivity index (χ1v) is 8.51. The number of esters is 1. The number of ether oxygens (including phenoxy) is 2. The Kier molecular flexibility index (Phi) is 5.62. The molecular formula is C18H20FN3O4. The van der Waals surface area contributed by atoms with Crippen molar-refractivity contribution in [2.45, 2.75) is 25.9 Å². The molecule has 7 nitrogen and oxygen atoms in total. The highest BCUT2D eigenvalue weighted by molar-refractivity contribution is 5.93. The summed E-state index contributed by atoms with van der Waals surface area (Å²) in [5.41, 5.74) is 0.197. The van der Waals surface area contributed by atoms with Crippen LogP contribution in [0.2, 0.25) is 0 Å². The molecule has 1 aliphatic rings. The van der Waals surface area contributed by atoms with Crippen LogP contribution in [-0.2, 0) is 9.47 Å². The van der Waals surface area contributed by atoms with Gasteiger partial charge in [-0.05, 0) is 44.0 Å². The maximum Gasteiger partial charge on any atom is 0.360 e. The molecule has 0 amide bonds. The van der Waals surface area contributed by atoms with E-state index >= 15 is 0 Å². The molecule has 138 valence electrons. The molecule has 1 N–H and O–H groups in total. The SMILES string of the molecule is CCOC(=O)c1nn(-c2ccc(F)cc2)c(=O)cc1NC[C@H]1CCCO1. The van der Waals surface area contributed by atoms with Gasteiger partial charge in [0.15, 0.2) is 5.69 Å². The Morgan fingerprint density at radius 3 is 2.85 bits per heavy atom. The van der Waals surface area contributed by atoms with Gasteiger partial charge in [0.05, 0.1) is 24.1 Å². The summed E-state index contributed by atoms with van der Waals surface area (Å²) in [7, 11) is 0. The Labute approximate surface area is 149 Å². The summed E-state index contributed by atoms with van der Waals surface area (Å²) in [6, 6.07) is 6.56. The minimum atomic E-state index is -0.641. The number of aromatic nitrogens is 2. The number of halogens is 1. The molecule has 0 unspecified atom stereocenters. The number of nitrogens with zero attached hydrogens (tertiary/aromatic N) is 2. The molecule has 1 saturated heterocycles. The van der Waals surface area contributed by atoms with Gasteiger partial charge in [0, 0.05) is 19.2 Å². The second kappa shape index (κ2) is 8.09. The smallest absolute Gasteiger partial charge is 0.360 e. The summed E-state index contributed by atoms with van der Waals surface area (Å²) in [5.74, 6) is -1.07. The Morgan fingerprint density at radius 2 is 2.19 bits per heavy atom. The molecule has 8 heteroatoms. The third kappa shape index (κ3) is 4.08. The second-order valence-electron chi connectivity index (χ2n) is 5.87. The van der Waals surface area contributed by atoms with E-state index in [-0.39, 0.29) is 18.4 Å². The van der Waals surface area contributed by atoms with Crippen LogP contribution in [0, 0.1) is 5.82 Å². The fraction of sp³-hybridized carbons (Fsp3) is 0.389. The number of rotatable bonds is 6. The van der Waals surface area contributed by atoms with Gasteiger partial charge in [0.25, 0.3) is 5.56 Å². The molecule has 0 bridgehead atoms. The molecule has 0 aliphatic carbocycles. The summed E-state index contributed by atoms with van der Waals surface area (Å²) in [4.78, 5) is 24.7. The van der Waals surface area contributed by atoms with E-state index in [0.29, 0.717) is 24.5 Å². The molecule has 1 aromatic carbocycles. The zero-order chi connectivity index (χ0) is 18.5. The van der Waals surface area contributed by atoms with Gasteiger partial charge in [0.2, 0.25) is 0 Å². The number of carbonyl (C=O) groups excluding carboxylic acids is 1. The van der Waals surface area contributed by atoms with Crippen LogP contribution in [0.25, 0.3) is 5.69 Å². The van der Waals surface area contributed by atoms with E-state index in [1.54, 1.807) is 6.92 Å². The van der Waals surface area contributed by atoms with Crippen LogP contribution < -0.4 is 10.9 Å². The zero-order valence-electron chi connectivity index (χ0n) is 14.4. The minimum Gasteiger partial charge on any atom is -0.461 e. The molecule has 3 rings (SSSR count). The third-order valence-corrected chi connectivity index (χ3v) is 4.02. The zero-order valence-corrected chi connectivity index (χ0v) is 14.4. The topological polar surface area (TPSA) is 82.5 Å². The molecular weight excluding hydrogens is 341 g/mol. The molecule has 0 radical (unpaired) electrons. The molecule has 1 aliphatic heterocycles. The van der Waals surface area contributed by atoms with E-state index in [0.717, 1.165) is 17.5 Å². The maximum absolute atomic E-state index is 13.1.